The Balaban J connectivity index is 1.95. The summed E-state index contributed by atoms with van der Waals surface area (Å²) in [6, 6.07) is 6.93. The minimum atomic E-state index is -3.85. The smallest absolute Gasteiger partial charge is 0.354 e. The van der Waals surface area contributed by atoms with Crippen molar-refractivity contribution in [1.29, 1.82) is 0 Å². The standard InChI is InChI=1S/C19H25N3O5S/c1-5-27-19(24)17-11-16(12-22(17)4)28(25,26)20-7-6-18(23)21-15-9-13(2)8-14(3)10-15/h8-12,20H,5-7H2,1-4H3,(H,21,23). The Kier molecular flexibility index (Phi) is 6.98. The highest BCUT2D eigenvalue weighted by molar-refractivity contribution is 7.89. The van der Waals surface area contributed by atoms with Crippen LogP contribution >= 0.6 is 0 Å². The fourth-order valence-corrected chi connectivity index (χ4v) is 3.84. The van der Waals surface area contributed by atoms with Gasteiger partial charge in [0.1, 0.15) is 10.6 Å². The quantitative estimate of drug-likeness (QED) is 0.652. The first kappa shape index (κ1) is 21.6. The predicted octanol–water partition coefficient (Wildman–Crippen LogP) is 2.13. The molecule has 1 aromatic carbocycles. The van der Waals surface area contributed by atoms with Gasteiger partial charge in [-0.1, -0.05) is 6.07 Å². The summed E-state index contributed by atoms with van der Waals surface area (Å²) in [4.78, 5) is 23.8. The largest absolute Gasteiger partial charge is 0.461 e. The first-order chi connectivity index (χ1) is 13.1. The number of hydrogen-bond acceptors (Lipinski definition) is 5. The third-order valence-electron chi connectivity index (χ3n) is 3.92. The summed E-state index contributed by atoms with van der Waals surface area (Å²) in [5.74, 6) is -0.896. The summed E-state index contributed by atoms with van der Waals surface area (Å²) in [5, 5.41) is 2.75. The number of hydrogen-bond donors (Lipinski definition) is 2. The number of aromatic nitrogens is 1. The van der Waals surface area contributed by atoms with Crippen molar-refractivity contribution >= 4 is 27.6 Å². The maximum atomic E-state index is 12.4. The lowest BCUT2D eigenvalue weighted by Gasteiger charge is -2.08. The third kappa shape index (κ3) is 5.67. The number of esters is 1. The second-order valence-electron chi connectivity index (χ2n) is 6.46. The highest BCUT2D eigenvalue weighted by Crippen LogP contribution is 2.15. The van der Waals surface area contributed by atoms with Crippen LogP contribution in [0.2, 0.25) is 0 Å². The van der Waals surface area contributed by atoms with E-state index in [-0.39, 0.29) is 36.1 Å². The van der Waals surface area contributed by atoms with Crippen molar-refractivity contribution < 1.29 is 22.7 Å². The lowest BCUT2D eigenvalue weighted by Crippen LogP contribution is -2.27. The molecule has 0 aliphatic carbocycles. The SMILES string of the molecule is CCOC(=O)c1cc(S(=O)(=O)NCCC(=O)Nc2cc(C)cc(C)c2)cn1C. The summed E-state index contributed by atoms with van der Waals surface area (Å²) in [6.45, 7) is 5.66. The van der Waals surface area contributed by atoms with E-state index in [4.69, 9.17) is 4.74 Å². The van der Waals surface area contributed by atoms with Gasteiger partial charge in [0.2, 0.25) is 15.9 Å². The zero-order valence-corrected chi connectivity index (χ0v) is 17.2. The number of sulfonamides is 1. The number of benzene rings is 1. The van der Waals surface area contributed by atoms with Crippen LogP contribution < -0.4 is 10.0 Å². The van der Waals surface area contributed by atoms with E-state index >= 15 is 0 Å². The van der Waals surface area contributed by atoms with Crippen LogP contribution in [-0.2, 0) is 26.6 Å². The summed E-state index contributed by atoms with van der Waals surface area (Å²) >= 11 is 0. The molecule has 0 fully saturated rings. The zero-order chi connectivity index (χ0) is 20.9. The van der Waals surface area contributed by atoms with E-state index in [1.165, 1.54) is 16.8 Å². The Morgan fingerprint density at radius 3 is 2.36 bits per heavy atom. The van der Waals surface area contributed by atoms with Gasteiger partial charge in [0, 0.05) is 31.9 Å². The molecule has 28 heavy (non-hydrogen) atoms. The van der Waals surface area contributed by atoms with E-state index < -0.39 is 16.0 Å². The van der Waals surface area contributed by atoms with Gasteiger partial charge in [-0.25, -0.2) is 17.9 Å². The van der Waals surface area contributed by atoms with Crippen LogP contribution in [0.3, 0.4) is 0 Å². The number of amides is 1. The van der Waals surface area contributed by atoms with Crippen molar-refractivity contribution in [2.45, 2.75) is 32.1 Å². The molecule has 0 radical (unpaired) electrons. The second-order valence-corrected chi connectivity index (χ2v) is 8.23. The van der Waals surface area contributed by atoms with Gasteiger partial charge in [0.25, 0.3) is 0 Å². The van der Waals surface area contributed by atoms with E-state index in [9.17, 15) is 18.0 Å². The van der Waals surface area contributed by atoms with Crippen molar-refractivity contribution in [2.75, 3.05) is 18.5 Å². The molecule has 1 heterocycles. The van der Waals surface area contributed by atoms with Gasteiger partial charge >= 0.3 is 5.97 Å². The molecule has 2 N–H and O–H groups in total. The predicted molar refractivity (Wildman–Crippen MR) is 106 cm³/mol. The summed E-state index contributed by atoms with van der Waals surface area (Å²) < 4.78 is 33.5. The molecular weight excluding hydrogens is 382 g/mol. The monoisotopic (exact) mass is 407 g/mol. The molecule has 0 spiro atoms. The second kappa shape index (κ2) is 9.03. The highest BCUT2D eigenvalue weighted by Gasteiger charge is 2.21. The lowest BCUT2D eigenvalue weighted by atomic mass is 10.1. The van der Waals surface area contributed by atoms with Crippen LogP contribution in [0.5, 0.6) is 0 Å². The van der Waals surface area contributed by atoms with Crippen LogP contribution in [-0.4, -0.2) is 38.0 Å². The minimum Gasteiger partial charge on any atom is -0.461 e. The molecule has 0 atom stereocenters. The van der Waals surface area contributed by atoms with E-state index in [0.29, 0.717) is 5.69 Å². The lowest BCUT2D eigenvalue weighted by molar-refractivity contribution is -0.116. The van der Waals surface area contributed by atoms with Gasteiger partial charge in [0.15, 0.2) is 0 Å². The van der Waals surface area contributed by atoms with Crippen molar-refractivity contribution in [3.05, 3.63) is 47.3 Å². The number of nitrogens with one attached hydrogen (secondary N) is 2. The number of aryl methyl sites for hydroxylation is 3. The normalized spacial score (nSPS) is 11.3. The molecule has 2 rings (SSSR count). The van der Waals surface area contributed by atoms with Crippen LogP contribution in [0.4, 0.5) is 5.69 Å². The number of rotatable bonds is 8. The molecule has 0 saturated heterocycles. The van der Waals surface area contributed by atoms with Gasteiger partial charge in [-0.05, 0) is 50.1 Å². The van der Waals surface area contributed by atoms with Crippen LogP contribution in [0.25, 0.3) is 0 Å². The summed E-state index contributed by atoms with van der Waals surface area (Å²) in [7, 11) is -2.29. The molecule has 0 aliphatic heterocycles. The molecule has 1 amide bonds. The van der Waals surface area contributed by atoms with Crippen molar-refractivity contribution in [3.8, 4) is 0 Å². The van der Waals surface area contributed by atoms with Crippen molar-refractivity contribution in [2.24, 2.45) is 7.05 Å². The maximum Gasteiger partial charge on any atom is 0.354 e. The van der Waals surface area contributed by atoms with Gasteiger partial charge in [0.05, 0.1) is 6.61 Å². The molecule has 9 heteroatoms. The topological polar surface area (TPSA) is 106 Å². The molecule has 152 valence electrons. The van der Waals surface area contributed by atoms with E-state index in [1.54, 1.807) is 14.0 Å². The van der Waals surface area contributed by atoms with Gasteiger partial charge in [-0.15, -0.1) is 0 Å². The Hall–Kier alpha value is -2.65. The third-order valence-corrected chi connectivity index (χ3v) is 5.35. The molecule has 0 bridgehead atoms. The molecule has 0 aliphatic rings. The number of anilines is 1. The Bertz CT molecular complexity index is 959. The Morgan fingerprint density at radius 2 is 1.75 bits per heavy atom. The van der Waals surface area contributed by atoms with Crippen molar-refractivity contribution in [3.63, 3.8) is 0 Å². The Labute approximate surface area is 164 Å². The summed E-state index contributed by atoms with van der Waals surface area (Å²) in [6.07, 6.45) is 1.30. The summed E-state index contributed by atoms with van der Waals surface area (Å²) in [5.41, 5.74) is 2.86. The van der Waals surface area contributed by atoms with Crippen molar-refractivity contribution in [1.82, 2.24) is 9.29 Å². The Morgan fingerprint density at radius 1 is 1.11 bits per heavy atom. The van der Waals surface area contributed by atoms with Crippen LogP contribution in [0, 0.1) is 13.8 Å². The molecule has 1 aromatic heterocycles. The number of carbonyl (C=O) groups is 2. The zero-order valence-electron chi connectivity index (χ0n) is 16.4. The first-order valence-corrected chi connectivity index (χ1v) is 10.3. The van der Waals surface area contributed by atoms with E-state index in [1.807, 2.05) is 32.0 Å². The van der Waals surface area contributed by atoms with Gasteiger partial charge in [-0.2, -0.15) is 0 Å². The van der Waals surface area contributed by atoms with Gasteiger partial charge < -0.3 is 14.6 Å². The fraction of sp³-hybridized carbons (Fsp3) is 0.368. The van der Waals surface area contributed by atoms with E-state index in [2.05, 4.69) is 10.0 Å². The molecule has 8 nitrogen and oxygen atoms in total. The van der Waals surface area contributed by atoms with Crippen LogP contribution in [0.1, 0.15) is 35.0 Å². The first-order valence-electron chi connectivity index (χ1n) is 8.83. The highest BCUT2D eigenvalue weighted by atomic mass is 32.2. The fourth-order valence-electron chi connectivity index (χ4n) is 2.74. The number of carbonyl (C=O) groups excluding carboxylic acids is 2. The minimum absolute atomic E-state index is 0.0240. The van der Waals surface area contributed by atoms with E-state index in [0.717, 1.165) is 11.1 Å². The molecule has 2 aromatic rings. The molecular formula is C19H25N3O5S. The average molecular weight is 407 g/mol. The molecule has 0 saturated carbocycles. The van der Waals surface area contributed by atoms with Gasteiger partial charge in [-0.3, -0.25) is 4.79 Å². The maximum absolute atomic E-state index is 12.4. The molecule has 0 unspecified atom stereocenters. The number of nitrogens with zero attached hydrogens (tertiary/aromatic N) is 1. The number of ether oxygens (including phenoxy) is 1. The van der Waals surface area contributed by atoms with Crippen LogP contribution in [0.15, 0.2) is 35.4 Å². The average Bonchev–Trinajstić information content (AvgIpc) is 2.96.